The average molecular weight is 191 g/mol. The maximum Gasteiger partial charge on any atom is 0.184 e. The number of hydrogen-bond donors (Lipinski definition) is 3. The van der Waals surface area contributed by atoms with Gasteiger partial charge in [0.05, 0.1) is 18.8 Å². The standard InChI is InChI=1S/C8H17NO4/c1-4-3-13-8(12-2)7(11)5(9)6(4)10/h4-8,10-11H,3,9H2,1-2H3. The lowest BCUT2D eigenvalue weighted by atomic mass is 9.96. The van der Waals surface area contributed by atoms with E-state index in [0.29, 0.717) is 6.61 Å². The smallest absolute Gasteiger partial charge is 0.184 e. The molecule has 0 aromatic rings. The zero-order valence-electron chi connectivity index (χ0n) is 7.88. The fourth-order valence-corrected chi connectivity index (χ4v) is 1.41. The minimum absolute atomic E-state index is 0.0928. The number of aliphatic hydroxyl groups is 2. The van der Waals surface area contributed by atoms with E-state index in [-0.39, 0.29) is 5.92 Å². The van der Waals surface area contributed by atoms with Crippen molar-refractivity contribution in [2.75, 3.05) is 13.7 Å². The van der Waals surface area contributed by atoms with Crippen LogP contribution < -0.4 is 5.73 Å². The Bertz CT molecular complexity index is 164. The van der Waals surface area contributed by atoms with Crippen LogP contribution in [0.3, 0.4) is 0 Å². The van der Waals surface area contributed by atoms with Crippen LogP contribution in [0.1, 0.15) is 6.92 Å². The quantitative estimate of drug-likeness (QED) is 0.478. The molecule has 1 fully saturated rings. The molecule has 1 rings (SSSR count). The summed E-state index contributed by atoms with van der Waals surface area (Å²) >= 11 is 0. The molecular weight excluding hydrogens is 174 g/mol. The topological polar surface area (TPSA) is 84.9 Å². The summed E-state index contributed by atoms with van der Waals surface area (Å²) in [6.45, 7) is 2.15. The first-order chi connectivity index (χ1) is 6.07. The van der Waals surface area contributed by atoms with Crippen molar-refractivity contribution >= 4 is 0 Å². The Morgan fingerprint density at radius 3 is 2.54 bits per heavy atom. The Morgan fingerprint density at radius 2 is 2.00 bits per heavy atom. The van der Waals surface area contributed by atoms with Crippen LogP contribution in [0.25, 0.3) is 0 Å². The third-order valence-electron chi connectivity index (χ3n) is 2.41. The second-order valence-corrected chi connectivity index (χ2v) is 3.47. The van der Waals surface area contributed by atoms with Crippen LogP contribution in [0, 0.1) is 5.92 Å². The Hall–Kier alpha value is -0.200. The fourth-order valence-electron chi connectivity index (χ4n) is 1.41. The molecule has 0 amide bonds. The van der Waals surface area contributed by atoms with E-state index in [0.717, 1.165) is 0 Å². The minimum Gasteiger partial charge on any atom is -0.391 e. The van der Waals surface area contributed by atoms with Gasteiger partial charge < -0.3 is 25.4 Å². The molecule has 0 spiro atoms. The number of hydrogen-bond acceptors (Lipinski definition) is 5. The highest BCUT2D eigenvalue weighted by atomic mass is 16.7. The molecule has 1 saturated heterocycles. The average Bonchev–Trinajstić information content (AvgIpc) is 2.22. The first-order valence-electron chi connectivity index (χ1n) is 4.34. The summed E-state index contributed by atoms with van der Waals surface area (Å²) in [5, 5.41) is 19.2. The lowest BCUT2D eigenvalue weighted by molar-refractivity contribution is -0.178. The molecule has 1 heterocycles. The normalized spacial score (nSPS) is 47.3. The highest BCUT2D eigenvalue weighted by molar-refractivity contribution is 4.87. The largest absolute Gasteiger partial charge is 0.391 e. The number of nitrogens with two attached hydrogens (primary N) is 1. The molecule has 0 radical (unpaired) electrons. The number of aliphatic hydroxyl groups excluding tert-OH is 2. The van der Waals surface area contributed by atoms with Gasteiger partial charge in [0.1, 0.15) is 6.10 Å². The molecule has 0 aromatic heterocycles. The third-order valence-corrected chi connectivity index (χ3v) is 2.41. The van der Waals surface area contributed by atoms with Crippen molar-refractivity contribution in [1.29, 1.82) is 0 Å². The maximum absolute atomic E-state index is 9.59. The van der Waals surface area contributed by atoms with E-state index in [9.17, 15) is 10.2 Å². The summed E-state index contributed by atoms with van der Waals surface area (Å²) < 4.78 is 10.1. The zero-order chi connectivity index (χ0) is 10.0. The van der Waals surface area contributed by atoms with Crippen molar-refractivity contribution < 1.29 is 19.7 Å². The van der Waals surface area contributed by atoms with Crippen molar-refractivity contribution in [2.45, 2.75) is 31.5 Å². The molecular formula is C8H17NO4. The molecule has 0 aliphatic carbocycles. The van der Waals surface area contributed by atoms with E-state index in [2.05, 4.69) is 0 Å². The van der Waals surface area contributed by atoms with Gasteiger partial charge in [0.25, 0.3) is 0 Å². The van der Waals surface area contributed by atoms with E-state index in [1.165, 1.54) is 7.11 Å². The molecule has 0 bridgehead atoms. The summed E-state index contributed by atoms with van der Waals surface area (Å²) in [4.78, 5) is 0. The monoisotopic (exact) mass is 191 g/mol. The second-order valence-electron chi connectivity index (χ2n) is 3.47. The van der Waals surface area contributed by atoms with Gasteiger partial charge in [0.2, 0.25) is 0 Å². The van der Waals surface area contributed by atoms with E-state index < -0.39 is 24.5 Å². The first-order valence-corrected chi connectivity index (χ1v) is 4.34. The molecule has 5 unspecified atom stereocenters. The Kier molecular flexibility index (Phi) is 3.63. The van der Waals surface area contributed by atoms with E-state index in [1.54, 1.807) is 0 Å². The third kappa shape index (κ3) is 2.18. The molecule has 13 heavy (non-hydrogen) atoms. The van der Waals surface area contributed by atoms with Crippen molar-refractivity contribution in [2.24, 2.45) is 11.7 Å². The summed E-state index contributed by atoms with van der Waals surface area (Å²) in [5.41, 5.74) is 5.62. The van der Waals surface area contributed by atoms with Crippen LogP contribution in [-0.4, -0.2) is 48.5 Å². The molecule has 1 aliphatic rings. The van der Waals surface area contributed by atoms with Gasteiger partial charge >= 0.3 is 0 Å². The summed E-state index contributed by atoms with van der Waals surface area (Å²) in [7, 11) is 1.43. The van der Waals surface area contributed by atoms with Crippen molar-refractivity contribution in [3.8, 4) is 0 Å². The molecule has 4 N–H and O–H groups in total. The molecule has 5 heteroatoms. The number of methoxy groups -OCH3 is 1. The Labute approximate surface area is 77.4 Å². The predicted octanol–water partition coefficient (Wildman–Crippen LogP) is -1.33. The molecule has 78 valence electrons. The summed E-state index contributed by atoms with van der Waals surface area (Å²) in [6, 6.07) is -0.720. The Balaban J connectivity index is 2.69. The van der Waals surface area contributed by atoms with Crippen molar-refractivity contribution in [3.63, 3.8) is 0 Å². The van der Waals surface area contributed by atoms with Gasteiger partial charge in [-0.25, -0.2) is 0 Å². The molecule has 1 aliphatic heterocycles. The van der Waals surface area contributed by atoms with E-state index in [4.69, 9.17) is 15.2 Å². The molecule has 0 saturated carbocycles. The zero-order valence-corrected chi connectivity index (χ0v) is 7.88. The van der Waals surface area contributed by atoms with Crippen LogP contribution in [0.2, 0.25) is 0 Å². The van der Waals surface area contributed by atoms with Gasteiger partial charge in [-0.2, -0.15) is 0 Å². The second kappa shape index (κ2) is 4.34. The van der Waals surface area contributed by atoms with Gasteiger partial charge in [-0.1, -0.05) is 6.92 Å². The van der Waals surface area contributed by atoms with E-state index in [1.807, 2.05) is 6.92 Å². The first kappa shape index (κ1) is 10.9. The van der Waals surface area contributed by atoms with Crippen LogP contribution in [0.15, 0.2) is 0 Å². The summed E-state index contributed by atoms with van der Waals surface area (Å²) in [5.74, 6) is -0.0928. The van der Waals surface area contributed by atoms with Gasteiger partial charge in [0, 0.05) is 13.0 Å². The highest BCUT2D eigenvalue weighted by Gasteiger charge is 2.37. The lowest BCUT2D eigenvalue weighted by Gasteiger charge is -2.25. The van der Waals surface area contributed by atoms with Crippen molar-refractivity contribution in [1.82, 2.24) is 0 Å². The molecule has 5 nitrogen and oxygen atoms in total. The Morgan fingerprint density at radius 1 is 1.38 bits per heavy atom. The van der Waals surface area contributed by atoms with Crippen LogP contribution in [0.4, 0.5) is 0 Å². The number of rotatable bonds is 1. The fraction of sp³-hybridized carbons (Fsp3) is 1.00. The highest BCUT2D eigenvalue weighted by Crippen LogP contribution is 2.18. The lowest BCUT2D eigenvalue weighted by Crippen LogP contribution is -2.50. The molecule has 5 atom stereocenters. The van der Waals surface area contributed by atoms with Gasteiger partial charge in [-0.15, -0.1) is 0 Å². The summed E-state index contributed by atoms with van der Waals surface area (Å²) in [6.07, 6.45) is -2.48. The molecule has 0 aromatic carbocycles. The SMILES string of the molecule is COC1OCC(C)C(O)C(N)C1O. The van der Waals surface area contributed by atoms with Crippen LogP contribution >= 0.6 is 0 Å². The number of ether oxygens (including phenoxy) is 2. The van der Waals surface area contributed by atoms with Gasteiger partial charge in [-0.05, 0) is 0 Å². The minimum atomic E-state index is -0.982. The van der Waals surface area contributed by atoms with Crippen LogP contribution in [0.5, 0.6) is 0 Å². The van der Waals surface area contributed by atoms with E-state index >= 15 is 0 Å². The van der Waals surface area contributed by atoms with Crippen LogP contribution in [-0.2, 0) is 9.47 Å². The maximum atomic E-state index is 9.59. The van der Waals surface area contributed by atoms with Crippen molar-refractivity contribution in [3.05, 3.63) is 0 Å². The van der Waals surface area contributed by atoms with Gasteiger partial charge in [-0.3, -0.25) is 0 Å². The van der Waals surface area contributed by atoms with Gasteiger partial charge in [0.15, 0.2) is 6.29 Å². The predicted molar refractivity (Wildman–Crippen MR) is 45.9 cm³/mol.